The lowest BCUT2D eigenvalue weighted by Gasteiger charge is -2.30. The Morgan fingerprint density at radius 1 is 1.31 bits per heavy atom. The number of rotatable bonds is 2. The van der Waals surface area contributed by atoms with Crippen LogP contribution in [0.2, 0.25) is 0 Å². The summed E-state index contributed by atoms with van der Waals surface area (Å²) in [7, 11) is 2.08. The van der Waals surface area contributed by atoms with Crippen molar-refractivity contribution >= 4 is 0 Å². The van der Waals surface area contributed by atoms with Gasteiger partial charge in [0.2, 0.25) is 0 Å². The zero-order valence-corrected chi connectivity index (χ0v) is 10.9. The molecule has 16 heavy (non-hydrogen) atoms. The summed E-state index contributed by atoms with van der Waals surface area (Å²) in [5.74, 6) is 1.43. The van der Waals surface area contributed by atoms with E-state index in [1.165, 1.54) is 24.0 Å². The minimum Gasteiger partial charge on any atom is -0.313 e. The second-order valence-electron chi connectivity index (χ2n) is 5.50. The summed E-state index contributed by atoms with van der Waals surface area (Å²) >= 11 is 0. The van der Waals surface area contributed by atoms with Crippen LogP contribution in [-0.2, 0) is 6.42 Å². The molecule has 2 atom stereocenters. The second-order valence-corrected chi connectivity index (χ2v) is 5.50. The molecule has 0 aliphatic heterocycles. The summed E-state index contributed by atoms with van der Waals surface area (Å²) in [6, 6.07) is 7.60. The van der Waals surface area contributed by atoms with Crippen LogP contribution in [0.5, 0.6) is 0 Å². The van der Waals surface area contributed by atoms with Crippen LogP contribution in [0, 0.1) is 5.92 Å². The lowest BCUT2D eigenvalue weighted by molar-refractivity contribution is 0.399. The van der Waals surface area contributed by atoms with Crippen molar-refractivity contribution in [2.45, 2.75) is 45.6 Å². The van der Waals surface area contributed by atoms with Gasteiger partial charge in [0.15, 0.2) is 0 Å². The van der Waals surface area contributed by atoms with Gasteiger partial charge in [0.1, 0.15) is 0 Å². The van der Waals surface area contributed by atoms with Crippen molar-refractivity contribution in [2.75, 3.05) is 7.05 Å². The topological polar surface area (TPSA) is 12.0 Å². The summed E-state index contributed by atoms with van der Waals surface area (Å²) in [5, 5.41) is 3.46. The van der Waals surface area contributed by atoms with Crippen molar-refractivity contribution in [2.24, 2.45) is 5.92 Å². The molecule has 0 spiro atoms. The molecule has 0 heterocycles. The highest BCUT2D eigenvalue weighted by Gasteiger charge is 2.23. The SMILES string of the molecule is CNC1CC(C)Cc2ccc(C(C)C)cc21. The highest BCUT2D eigenvalue weighted by Crippen LogP contribution is 2.34. The lowest BCUT2D eigenvalue weighted by Crippen LogP contribution is -2.25. The molecular weight excluding hydrogens is 194 g/mol. The summed E-state index contributed by atoms with van der Waals surface area (Å²) in [4.78, 5) is 0. The van der Waals surface area contributed by atoms with Gasteiger partial charge < -0.3 is 5.32 Å². The largest absolute Gasteiger partial charge is 0.313 e. The third kappa shape index (κ3) is 2.15. The van der Waals surface area contributed by atoms with E-state index in [1.807, 2.05) is 0 Å². The van der Waals surface area contributed by atoms with E-state index in [9.17, 15) is 0 Å². The van der Waals surface area contributed by atoms with Crippen LogP contribution in [-0.4, -0.2) is 7.05 Å². The molecule has 0 bridgehead atoms. The number of fused-ring (bicyclic) bond motifs is 1. The molecule has 1 aliphatic carbocycles. The Morgan fingerprint density at radius 2 is 2.06 bits per heavy atom. The van der Waals surface area contributed by atoms with E-state index in [0.29, 0.717) is 12.0 Å². The van der Waals surface area contributed by atoms with E-state index in [1.54, 1.807) is 5.56 Å². The standard InChI is InChI=1S/C15H23N/c1-10(2)12-5-6-13-7-11(3)8-15(16-4)14(13)9-12/h5-6,9-11,15-16H,7-8H2,1-4H3. The molecule has 1 N–H and O–H groups in total. The first-order valence-corrected chi connectivity index (χ1v) is 6.41. The minimum absolute atomic E-state index is 0.553. The number of hydrogen-bond donors (Lipinski definition) is 1. The zero-order valence-electron chi connectivity index (χ0n) is 10.9. The van der Waals surface area contributed by atoms with Crippen molar-refractivity contribution in [3.63, 3.8) is 0 Å². The van der Waals surface area contributed by atoms with Gasteiger partial charge in [-0.2, -0.15) is 0 Å². The van der Waals surface area contributed by atoms with Crippen LogP contribution >= 0.6 is 0 Å². The average molecular weight is 217 g/mol. The molecule has 1 nitrogen and oxygen atoms in total. The predicted molar refractivity (Wildman–Crippen MR) is 69.8 cm³/mol. The van der Waals surface area contributed by atoms with Crippen molar-refractivity contribution in [1.29, 1.82) is 0 Å². The van der Waals surface area contributed by atoms with Gasteiger partial charge in [-0.15, -0.1) is 0 Å². The maximum atomic E-state index is 3.46. The minimum atomic E-state index is 0.553. The zero-order chi connectivity index (χ0) is 11.7. The molecule has 2 unspecified atom stereocenters. The fraction of sp³-hybridized carbons (Fsp3) is 0.600. The number of benzene rings is 1. The van der Waals surface area contributed by atoms with Gasteiger partial charge in [-0.1, -0.05) is 39.0 Å². The Kier molecular flexibility index (Phi) is 3.34. The second kappa shape index (κ2) is 4.58. The smallest absolute Gasteiger partial charge is 0.0323 e. The first-order chi connectivity index (χ1) is 7.61. The number of hydrogen-bond acceptors (Lipinski definition) is 1. The van der Waals surface area contributed by atoms with Gasteiger partial charge >= 0.3 is 0 Å². The van der Waals surface area contributed by atoms with Crippen LogP contribution < -0.4 is 5.32 Å². The Morgan fingerprint density at radius 3 is 2.69 bits per heavy atom. The van der Waals surface area contributed by atoms with Crippen molar-refractivity contribution < 1.29 is 0 Å². The Hall–Kier alpha value is -0.820. The molecule has 1 heteroatoms. The molecule has 0 saturated carbocycles. The molecule has 0 saturated heterocycles. The Bertz CT molecular complexity index is 368. The molecule has 1 aromatic rings. The fourth-order valence-corrected chi connectivity index (χ4v) is 2.74. The van der Waals surface area contributed by atoms with E-state index in [4.69, 9.17) is 0 Å². The molecule has 1 aromatic carbocycles. The summed E-state index contributed by atoms with van der Waals surface area (Å²) in [6.45, 7) is 6.88. The average Bonchev–Trinajstić information content (AvgIpc) is 2.27. The molecule has 2 rings (SSSR count). The van der Waals surface area contributed by atoms with E-state index >= 15 is 0 Å². The first kappa shape index (κ1) is 11.7. The molecule has 0 fully saturated rings. The van der Waals surface area contributed by atoms with Crippen LogP contribution in [0.4, 0.5) is 0 Å². The van der Waals surface area contributed by atoms with Crippen molar-refractivity contribution in [3.8, 4) is 0 Å². The molecule has 0 radical (unpaired) electrons. The lowest BCUT2D eigenvalue weighted by atomic mass is 9.80. The van der Waals surface area contributed by atoms with E-state index < -0.39 is 0 Å². The summed E-state index contributed by atoms with van der Waals surface area (Å²) < 4.78 is 0. The maximum absolute atomic E-state index is 3.46. The summed E-state index contributed by atoms with van der Waals surface area (Å²) in [5.41, 5.74) is 4.54. The predicted octanol–water partition coefficient (Wildman–Crippen LogP) is 3.65. The van der Waals surface area contributed by atoms with Gasteiger partial charge in [0, 0.05) is 6.04 Å². The normalized spacial score (nSPS) is 24.6. The van der Waals surface area contributed by atoms with Gasteiger partial charge in [-0.25, -0.2) is 0 Å². The monoisotopic (exact) mass is 217 g/mol. The molecule has 88 valence electrons. The van der Waals surface area contributed by atoms with E-state index in [2.05, 4.69) is 51.3 Å². The van der Waals surface area contributed by atoms with Gasteiger partial charge in [-0.05, 0) is 48.4 Å². The molecular formula is C15H23N. The highest BCUT2D eigenvalue weighted by atomic mass is 14.9. The van der Waals surface area contributed by atoms with Crippen molar-refractivity contribution in [3.05, 3.63) is 34.9 Å². The summed E-state index contributed by atoms with van der Waals surface area (Å²) in [6.07, 6.45) is 2.51. The van der Waals surface area contributed by atoms with Crippen LogP contribution in [0.15, 0.2) is 18.2 Å². The van der Waals surface area contributed by atoms with Gasteiger partial charge in [-0.3, -0.25) is 0 Å². The quantitative estimate of drug-likeness (QED) is 0.797. The number of nitrogens with one attached hydrogen (secondary N) is 1. The van der Waals surface area contributed by atoms with Gasteiger partial charge in [0.25, 0.3) is 0 Å². The third-order valence-electron chi connectivity index (χ3n) is 3.77. The van der Waals surface area contributed by atoms with E-state index in [0.717, 1.165) is 5.92 Å². The third-order valence-corrected chi connectivity index (χ3v) is 3.77. The van der Waals surface area contributed by atoms with Crippen molar-refractivity contribution in [1.82, 2.24) is 5.32 Å². The maximum Gasteiger partial charge on any atom is 0.0323 e. The Balaban J connectivity index is 2.39. The molecule has 1 aliphatic rings. The molecule has 0 amide bonds. The fourth-order valence-electron chi connectivity index (χ4n) is 2.74. The molecule has 0 aromatic heterocycles. The van der Waals surface area contributed by atoms with Crippen LogP contribution in [0.3, 0.4) is 0 Å². The highest BCUT2D eigenvalue weighted by molar-refractivity contribution is 5.37. The Labute approximate surface area is 99.3 Å². The van der Waals surface area contributed by atoms with Gasteiger partial charge in [0.05, 0.1) is 0 Å². The first-order valence-electron chi connectivity index (χ1n) is 6.41. The van der Waals surface area contributed by atoms with E-state index in [-0.39, 0.29) is 0 Å². The van der Waals surface area contributed by atoms with Crippen LogP contribution in [0.25, 0.3) is 0 Å². The van der Waals surface area contributed by atoms with Crippen LogP contribution in [0.1, 0.15) is 55.8 Å².